The molecule has 5 atom stereocenters. The van der Waals surface area contributed by atoms with Gasteiger partial charge in [0, 0.05) is 13.0 Å². The minimum Gasteiger partial charge on any atom is -0.380 e. The van der Waals surface area contributed by atoms with E-state index in [1.54, 1.807) is 0 Å². The molecule has 2 rings (SSSR count). The fraction of sp³-hybridized carbons (Fsp3) is 0.889. The molecule has 1 heterocycles. The Hall–Kier alpha value is -0.340. The first-order chi connectivity index (χ1) is 9.41. The van der Waals surface area contributed by atoms with Crippen molar-refractivity contribution in [3.05, 3.63) is 11.6 Å². The third-order valence-corrected chi connectivity index (χ3v) is 5.47. The van der Waals surface area contributed by atoms with Crippen molar-refractivity contribution in [1.82, 2.24) is 0 Å². The van der Waals surface area contributed by atoms with Gasteiger partial charge in [-0.1, -0.05) is 39.3 Å². The van der Waals surface area contributed by atoms with Gasteiger partial charge >= 0.3 is 0 Å². The Morgan fingerprint density at radius 3 is 2.55 bits per heavy atom. The van der Waals surface area contributed by atoms with Gasteiger partial charge in [-0.2, -0.15) is 0 Å². The van der Waals surface area contributed by atoms with Crippen LogP contribution in [0.25, 0.3) is 0 Å². The number of allylic oxidation sites excluding steroid dienone is 1. The van der Waals surface area contributed by atoms with Gasteiger partial charge in [0.05, 0.1) is 12.7 Å². The molecule has 0 aromatic heterocycles. The van der Waals surface area contributed by atoms with Crippen molar-refractivity contribution < 1.29 is 9.47 Å². The highest BCUT2D eigenvalue weighted by Crippen LogP contribution is 2.53. The third-order valence-electron chi connectivity index (χ3n) is 5.47. The molecule has 1 aliphatic carbocycles. The molecule has 0 radical (unpaired) electrons. The fourth-order valence-electron chi connectivity index (χ4n) is 3.97. The van der Waals surface area contributed by atoms with Crippen LogP contribution in [0.15, 0.2) is 11.6 Å². The van der Waals surface area contributed by atoms with E-state index in [-0.39, 0.29) is 5.60 Å². The molecule has 116 valence electrons. The van der Waals surface area contributed by atoms with Crippen LogP contribution >= 0.6 is 0 Å². The number of rotatable bonds is 5. The molecule has 2 aliphatic rings. The normalized spacial score (nSPS) is 41.5. The zero-order valence-electron chi connectivity index (χ0n) is 14.1. The second kappa shape index (κ2) is 6.19. The Balaban J connectivity index is 2.13. The molecule has 1 saturated carbocycles. The van der Waals surface area contributed by atoms with E-state index >= 15 is 0 Å². The molecule has 0 aromatic carbocycles. The topological polar surface area (TPSA) is 21.8 Å². The van der Waals surface area contributed by atoms with Crippen LogP contribution in [0, 0.1) is 23.7 Å². The predicted molar refractivity (Wildman–Crippen MR) is 83.7 cm³/mol. The van der Waals surface area contributed by atoms with Crippen LogP contribution in [0.3, 0.4) is 0 Å². The van der Waals surface area contributed by atoms with Gasteiger partial charge in [-0.15, -0.1) is 0 Å². The lowest BCUT2D eigenvalue weighted by atomic mass is 9.65. The smallest absolute Gasteiger partial charge is 0.101 e. The van der Waals surface area contributed by atoms with E-state index in [0.717, 1.165) is 12.5 Å². The first-order valence-electron chi connectivity index (χ1n) is 8.24. The third kappa shape index (κ3) is 3.12. The van der Waals surface area contributed by atoms with Gasteiger partial charge in [0.1, 0.15) is 5.60 Å². The molecule has 1 aliphatic heterocycles. The van der Waals surface area contributed by atoms with E-state index < -0.39 is 0 Å². The first-order valence-corrected chi connectivity index (χ1v) is 8.24. The molecule has 20 heavy (non-hydrogen) atoms. The van der Waals surface area contributed by atoms with Crippen molar-refractivity contribution in [2.75, 3.05) is 13.7 Å². The summed E-state index contributed by atoms with van der Waals surface area (Å²) in [5.41, 5.74) is 1.57. The van der Waals surface area contributed by atoms with Gasteiger partial charge in [0.25, 0.3) is 0 Å². The Morgan fingerprint density at radius 2 is 2.05 bits per heavy atom. The standard InChI is InChI=1S/C18H32O2/c1-12(2)8-7-9-13(3)16-17(19-6)15(5)14(4)10-18(16)11-20-18/h9,12,14-17H,7-8,10-11H2,1-6H3/b13-9+/t14-,15-,16+,17-,18+/m1/s1. The number of epoxide rings is 1. The summed E-state index contributed by atoms with van der Waals surface area (Å²) in [6, 6.07) is 0. The fourth-order valence-corrected chi connectivity index (χ4v) is 3.97. The van der Waals surface area contributed by atoms with Crippen molar-refractivity contribution >= 4 is 0 Å². The highest BCUT2D eigenvalue weighted by atomic mass is 16.6. The van der Waals surface area contributed by atoms with Crippen LogP contribution in [-0.4, -0.2) is 25.4 Å². The van der Waals surface area contributed by atoms with E-state index in [9.17, 15) is 0 Å². The van der Waals surface area contributed by atoms with E-state index in [1.807, 2.05) is 7.11 Å². The van der Waals surface area contributed by atoms with Crippen molar-refractivity contribution in [2.24, 2.45) is 23.7 Å². The second-order valence-electron chi connectivity index (χ2n) is 7.49. The summed E-state index contributed by atoms with van der Waals surface area (Å²) in [5, 5.41) is 0. The average Bonchev–Trinajstić information content (AvgIpc) is 3.13. The maximum Gasteiger partial charge on any atom is 0.101 e. The summed E-state index contributed by atoms with van der Waals surface area (Å²) in [6.45, 7) is 12.5. The zero-order chi connectivity index (χ0) is 14.9. The lowest BCUT2D eigenvalue weighted by Crippen LogP contribution is -2.48. The van der Waals surface area contributed by atoms with Crippen LogP contribution in [0.4, 0.5) is 0 Å². The minimum absolute atomic E-state index is 0.0883. The van der Waals surface area contributed by atoms with Crippen molar-refractivity contribution in [2.45, 2.75) is 65.6 Å². The Kier molecular flexibility index (Phi) is 4.96. The molecule has 0 unspecified atom stereocenters. The van der Waals surface area contributed by atoms with Crippen molar-refractivity contribution in [1.29, 1.82) is 0 Å². The summed E-state index contributed by atoms with van der Waals surface area (Å²) in [7, 11) is 1.86. The number of ether oxygens (including phenoxy) is 2. The SMILES string of the molecule is CO[C@@H]1[C@H](C)[C@H](C)C[C@]2(CO2)[C@H]1/C(C)=C/CCC(C)C. The lowest BCUT2D eigenvalue weighted by molar-refractivity contribution is -0.0584. The summed E-state index contributed by atoms with van der Waals surface area (Å²) in [4.78, 5) is 0. The summed E-state index contributed by atoms with van der Waals surface area (Å²) < 4.78 is 11.8. The summed E-state index contributed by atoms with van der Waals surface area (Å²) >= 11 is 0. The molecule has 2 fully saturated rings. The van der Waals surface area contributed by atoms with Crippen LogP contribution in [-0.2, 0) is 9.47 Å². The lowest BCUT2D eigenvalue weighted by Gasteiger charge is -2.44. The predicted octanol–water partition coefficient (Wildman–Crippen LogP) is 4.45. The van der Waals surface area contributed by atoms with Crippen LogP contribution in [0.5, 0.6) is 0 Å². The van der Waals surface area contributed by atoms with Gasteiger partial charge in [-0.25, -0.2) is 0 Å². The zero-order valence-corrected chi connectivity index (χ0v) is 14.1. The quantitative estimate of drug-likeness (QED) is 0.548. The minimum atomic E-state index is 0.0883. The van der Waals surface area contributed by atoms with Crippen LogP contribution in [0.2, 0.25) is 0 Å². The van der Waals surface area contributed by atoms with E-state index in [2.05, 4.69) is 40.7 Å². The molecule has 2 heteroatoms. The van der Waals surface area contributed by atoms with Gasteiger partial charge < -0.3 is 9.47 Å². The van der Waals surface area contributed by atoms with Gasteiger partial charge in [-0.3, -0.25) is 0 Å². The molecular formula is C18H32O2. The molecule has 2 nitrogen and oxygen atoms in total. The maximum absolute atomic E-state index is 5.93. The number of hydrogen-bond acceptors (Lipinski definition) is 2. The molecule has 1 saturated heterocycles. The number of methoxy groups -OCH3 is 1. The molecular weight excluding hydrogens is 248 g/mol. The van der Waals surface area contributed by atoms with E-state index in [0.29, 0.717) is 23.9 Å². The van der Waals surface area contributed by atoms with Crippen LogP contribution in [0.1, 0.15) is 53.9 Å². The van der Waals surface area contributed by atoms with Gasteiger partial charge in [0.15, 0.2) is 0 Å². The summed E-state index contributed by atoms with van der Waals surface area (Å²) in [6.07, 6.45) is 6.37. The monoisotopic (exact) mass is 280 g/mol. The Bertz CT molecular complexity index is 354. The summed E-state index contributed by atoms with van der Waals surface area (Å²) in [5.74, 6) is 2.51. The first kappa shape index (κ1) is 16.0. The van der Waals surface area contributed by atoms with Crippen molar-refractivity contribution in [3.8, 4) is 0 Å². The molecule has 0 N–H and O–H groups in total. The average molecular weight is 280 g/mol. The highest BCUT2D eigenvalue weighted by Gasteiger charge is 2.60. The molecule has 0 amide bonds. The van der Waals surface area contributed by atoms with E-state index in [4.69, 9.17) is 9.47 Å². The molecule has 0 aromatic rings. The highest BCUT2D eigenvalue weighted by molar-refractivity contribution is 5.20. The number of hydrogen-bond donors (Lipinski definition) is 0. The van der Waals surface area contributed by atoms with Crippen LogP contribution < -0.4 is 0 Å². The Morgan fingerprint density at radius 1 is 1.40 bits per heavy atom. The van der Waals surface area contributed by atoms with E-state index in [1.165, 1.54) is 24.8 Å². The second-order valence-corrected chi connectivity index (χ2v) is 7.49. The Labute approximate surface area is 124 Å². The largest absolute Gasteiger partial charge is 0.380 e. The molecule has 1 spiro atoms. The molecule has 0 bridgehead atoms. The van der Waals surface area contributed by atoms with Crippen molar-refractivity contribution in [3.63, 3.8) is 0 Å². The van der Waals surface area contributed by atoms with Gasteiger partial charge in [-0.05, 0) is 43.9 Å². The van der Waals surface area contributed by atoms with Gasteiger partial charge in [0.2, 0.25) is 0 Å². The maximum atomic E-state index is 5.93.